The Morgan fingerprint density at radius 2 is 2.10 bits per heavy atom. The first-order valence-corrected chi connectivity index (χ1v) is 6.98. The average molecular weight is 285 g/mol. The summed E-state index contributed by atoms with van der Waals surface area (Å²) < 4.78 is 5.12. The minimum Gasteiger partial charge on any atom is -0.465 e. The predicted octanol–water partition coefficient (Wildman–Crippen LogP) is 1.74. The van der Waals surface area contributed by atoms with E-state index >= 15 is 0 Å². The molecule has 1 unspecified atom stereocenters. The standard InChI is InChI=1S/C16H19N3O2/c1-2-21-16(20)15(10-14-12-17-8-9-18-14)19-11-13-6-4-3-5-7-13/h3-9,12,15,19H,2,10-11H2,1H3. The van der Waals surface area contributed by atoms with Crippen LogP contribution in [-0.4, -0.2) is 28.6 Å². The third-order valence-electron chi connectivity index (χ3n) is 3.00. The number of rotatable bonds is 7. The van der Waals surface area contributed by atoms with Gasteiger partial charge in [-0.05, 0) is 12.5 Å². The number of ether oxygens (including phenoxy) is 1. The van der Waals surface area contributed by atoms with Crippen molar-refractivity contribution in [2.45, 2.75) is 25.9 Å². The van der Waals surface area contributed by atoms with Crippen LogP contribution in [0.4, 0.5) is 0 Å². The second kappa shape index (κ2) is 8.11. The van der Waals surface area contributed by atoms with Crippen LogP contribution in [0.5, 0.6) is 0 Å². The summed E-state index contributed by atoms with van der Waals surface area (Å²) in [4.78, 5) is 20.3. The molecule has 0 fully saturated rings. The van der Waals surface area contributed by atoms with E-state index in [0.29, 0.717) is 19.6 Å². The van der Waals surface area contributed by atoms with E-state index < -0.39 is 6.04 Å². The predicted molar refractivity (Wildman–Crippen MR) is 79.4 cm³/mol. The van der Waals surface area contributed by atoms with Crippen molar-refractivity contribution in [2.24, 2.45) is 0 Å². The highest BCUT2D eigenvalue weighted by molar-refractivity contribution is 5.76. The highest BCUT2D eigenvalue weighted by Crippen LogP contribution is 2.04. The number of nitrogens with zero attached hydrogens (tertiary/aromatic N) is 2. The number of aromatic nitrogens is 2. The highest BCUT2D eigenvalue weighted by Gasteiger charge is 2.20. The Morgan fingerprint density at radius 1 is 1.29 bits per heavy atom. The van der Waals surface area contributed by atoms with Crippen molar-refractivity contribution >= 4 is 5.97 Å². The van der Waals surface area contributed by atoms with E-state index in [-0.39, 0.29) is 5.97 Å². The molecule has 0 saturated heterocycles. The molecule has 0 aliphatic heterocycles. The van der Waals surface area contributed by atoms with Crippen molar-refractivity contribution < 1.29 is 9.53 Å². The van der Waals surface area contributed by atoms with Crippen LogP contribution in [0.15, 0.2) is 48.9 Å². The fourth-order valence-corrected chi connectivity index (χ4v) is 1.96. The van der Waals surface area contributed by atoms with E-state index in [1.807, 2.05) is 30.3 Å². The van der Waals surface area contributed by atoms with Crippen LogP contribution >= 0.6 is 0 Å². The second-order valence-corrected chi connectivity index (χ2v) is 4.57. The topological polar surface area (TPSA) is 64.1 Å². The van der Waals surface area contributed by atoms with Gasteiger partial charge in [0.25, 0.3) is 0 Å². The Kier molecular flexibility index (Phi) is 5.84. The lowest BCUT2D eigenvalue weighted by molar-refractivity contribution is -0.145. The van der Waals surface area contributed by atoms with Gasteiger partial charge >= 0.3 is 5.97 Å². The summed E-state index contributed by atoms with van der Waals surface area (Å²) in [6.45, 7) is 2.77. The van der Waals surface area contributed by atoms with Gasteiger partial charge in [0.05, 0.1) is 12.3 Å². The van der Waals surface area contributed by atoms with Gasteiger partial charge in [0, 0.05) is 31.6 Å². The first-order valence-electron chi connectivity index (χ1n) is 6.98. The lowest BCUT2D eigenvalue weighted by atomic mass is 10.1. The Morgan fingerprint density at radius 3 is 2.76 bits per heavy atom. The van der Waals surface area contributed by atoms with Gasteiger partial charge in [-0.2, -0.15) is 0 Å². The zero-order chi connectivity index (χ0) is 14.9. The van der Waals surface area contributed by atoms with Gasteiger partial charge in [0.1, 0.15) is 6.04 Å². The van der Waals surface area contributed by atoms with Crippen LogP contribution < -0.4 is 5.32 Å². The maximum absolute atomic E-state index is 12.0. The highest BCUT2D eigenvalue weighted by atomic mass is 16.5. The van der Waals surface area contributed by atoms with Gasteiger partial charge in [-0.1, -0.05) is 30.3 Å². The molecule has 0 bridgehead atoms. The summed E-state index contributed by atoms with van der Waals surface area (Å²) in [7, 11) is 0. The minimum absolute atomic E-state index is 0.265. The molecule has 21 heavy (non-hydrogen) atoms. The molecule has 5 nitrogen and oxygen atoms in total. The average Bonchev–Trinajstić information content (AvgIpc) is 2.53. The third kappa shape index (κ3) is 4.96. The van der Waals surface area contributed by atoms with Gasteiger partial charge in [0.2, 0.25) is 0 Å². The summed E-state index contributed by atoms with van der Waals surface area (Å²) in [5, 5.41) is 3.23. The molecule has 0 aliphatic rings. The smallest absolute Gasteiger partial charge is 0.323 e. The zero-order valence-corrected chi connectivity index (χ0v) is 12.0. The van der Waals surface area contributed by atoms with E-state index in [0.717, 1.165) is 11.3 Å². The summed E-state index contributed by atoms with van der Waals surface area (Å²) in [6.07, 6.45) is 5.35. The Hall–Kier alpha value is -2.27. The number of hydrogen-bond acceptors (Lipinski definition) is 5. The van der Waals surface area contributed by atoms with Crippen molar-refractivity contribution in [3.63, 3.8) is 0 Å². The van der Waals surface area contributed by atoms with E-state index in [2.05, 4.69) is 15.3 Å². The fraction of sp³-hybridized carbons (Fsp3) is 0.312. The second-order valence-electron chi connectivity index (χ2n) is 4.57. The molecule has 2 aromatic rings. The molecule has 1 N–H and O–H groups in total. The molecule has 5 heteroatoms. The SMILES string of the molecule is CCOC(=O)C(Cc1cnccn1)NCc1ccccc1. The summed E-state index contributed by atoms with van der Waals surface area (Å²) >= 11 is 0. The molecule has 0 aliphatic carbocycles. The fourth-order valence-electron chi connectivity index (χ4n) is 1.96. The number of carbonyl (C=O) groups excluding carboxylic acids is 1. The Bertz CT molecular complexity index is 546. The van der Waals surface area contributed by atoms with Crippen LogP contribution in [0.3, 0.4) is 0 Å². The summed E-state index contributed by atoms with van der Waals surface area (Å²) in [5.74, 6) is -0.265. The van der Waals surface area contributed by atoms with Crippen molar-refractivity contribution in [3.05, 3.63) is 60.2 Å². The van der Waals surface area contributed by atoms with Crippen LogP contribution in [-0.2, 0) is 22.5 Å². The molecule has 0 spiro atoms. The molecule has 0 radical (unpaired) electrons. The summed E-state index contributed by atoms with van der Waals surface area (Å²) in [5.41, 5.74) is 1.88. The molecule has 2 rings (SSSR count). The Labute approximate surface area is 124 Å². The number of esters is 1. The lowest BCUT2D eigenvalue weighted by Gasteiger charge is -2.17. The van der Waals surface area contributed by atoms with E-state index in [1.54, 1.807) is 25.5 Å². The molecule has 1 aromatic heterocycles. The zero-order valence-electron chi connectivity index (χ0n) is 12.0. The molecule has 0 amide bonds. The number of carbonyl (C=O) groups is 1. The first kappa shape index (κ1) is 15.1. The molecule has 1 aromatic carbocycles. The maximum Gasteiger partial charge on any atom is 0.323 e. The molecular weight excluding hydrogens is 266 g/mol. The van der Waals surface area contributed by atoms with Crippen molar-refractivity contribution in [3.8, 4) is 0 Å². The molecule has 1 atom stereocenters. The maximum atomic E-state index is 12.0. The third-order valence-corrected chi connectivity index (χ3v) is 3.00. The van der Waals surface area contributed by atoms with Crippen LogP contribution in [0.2, 0.25) is 0 Å². The molecular formula is C16H19N3O2. The quantitative estimate of drug-likeness (QED) is 0.785. The van der Waals surface area contributed by atoms with Gasteiger partial charge in [-0.25, -0.2) is 0 Å². The van der Waals surface area contributed by atoms with Crippen molar-refractivity contribution in [1.82, 2.24) is 15.3 Å². The van der Waals surface area contributed by atoms with E-state index in [9.17, 15) is 4.79 Å². The van der Waals surface area contributed by atoms with Gasteiger partial charge in [-0.3, -0.25) is 20.1 Å². The van der Waals surface area contributed by atoms with E-state index in [4.69, 9.17) is 4.74 Å². The van der Waals surface area contributed by atoms with Crippen LogP contribution in [0.25, 0.3) is 0 Å². The monoisotopic (exact) mass is 285 g/mol. The summed E-state index contributed by atoms with van der Waals surface area (Å²) in [6, 6.07) is 9.50. The van der Waals surface area contributed by atoms with Crippen molar-refractivity contribution in [2.75, 3.05) is 6.61 Å². The number of hydrogen-bond donors (Lipinski definition) is 1. The normalized spacial score (nSPS) is 11.9. The van der Waals surface area contributed by atoms with E-state index in [1.165, 1.54) is 0 Å². The van der Waals surface area contributed by atoms with Crippen LogP contribution in [0.1, 0.15) is 18.2 Å². The molecule has 0 saturated carbocycles. The van der Waals surface area contributed by atoms with Crippen molar-refractivity contribution in [1.29, 1.82) is 0 Å². The van der Waals surface area contributed by atoms with Gasteiger partial charge in [-0.15, -0.1) is 0 Å². The largest absolute Gasteiger partial charge is 0.465 e. The van der Waals surface area contributed by atoms with Gasteiger partial charge in [0.15, 0.2) is 0 Å². The number of benzene rings is 1. The number of nitrogens with one attached hydrogen (secondary N) is 1. The first-order chi connectivity index (χ1) is 10.3. The van der Waals surface area contributed by atoms with Crippen LogP contribution in [0, 0.1) is 0 Å². The lowest BCUT2D eigenvalue weighted by Crippen LogP contribution is -2.39. The Balaban J connectivity index is 2.00. The minimum atomic E-state index is -0.429. The van der Waals surface area contributed by atoms with Gasteiger partial charge < -0.3 is 4.74 Å². The molecule has 1 heterocycles. The molecule has 110 valence electrons.